The van der Waals surface area contributed by atoms with Crippen molar-refractivity contribution in [1.29, 1.82) is 0 Å². The summed E-state index contributed by atoms with van der Waals surface area (Å²) in [5.41, 5.74) is -0.00421. The molecule has 26 heavy (non-hydrogen) atoms. The number of alkyl halides is 3. The van der Waals surface area contributed by atoms with Gasteiger partial charge in [0.1, 0.15) is 0 Å². The fraction of sp³-hybridized carbons (Fsp3) is 0.667. The Labute approximate surface area is 149 Å². The number of nitrogens with zero attached hydrogens (tertiary/aromatic N) is 1. The van der Waals surface area contributed by atoms with Gasteiger partial charge in [-0.25, -0.2) is 4.79 Å². The number of amides is 1. The van der Waals surface area contributed by atoms with Crippen molar-refractivity contribution in [2.45, 2.75) is 38.0 Å². The minimum Gasteiger partial charge on any atom is -0.475 e. The van der Waals surface area contributed by atoms with Crippen molar-refractivity contribution in [3.63, 3.8) is 0 Å². The molecule has 0 bridgehead atoms. The van der Waals surface area contributed by atoms with Crippen molar-refractivity contribution in [3.05, 3.63) is 24.3 Å². The highest BCUT2D eigenvalue weighted by Gasteiger charge is 2.61. The molecule has 144 valence electrons. The average Bonchev–Trinajstić information content (AvgIpc) is 2.87. The molecule has 0 radical (unpaired) electrons. The van der Waals surface area contributed by atoms with E-state index in [2.05, 4.69) is 48.4 Å². The summed E-state index contributed by atoms with van der Waals surface area (Å²) in [7, 11) is 0. The molecule has 1 saturated carbocycles. The largest absolute Gasteiger partial charge is 0.490 e. The van der Waals surface area contributed by atoms with E-state index in [0.29, 0.717) is 35.6 Å². The Hall–Kier alpha value is -1.83. The van der Waals surface area contributed by atoms with Gasteiger partial charge in [0.15, 0.2) is 0 Å². The summed E-state index contributed by atoms with van der Waals surface area (Å²) in [5.74, 6) is -0.295. The third-order valence-corrected chi connectivity index (χ3v) is 5.76. The second-order valence-corrected chi connectivity index (χ2v) is 7.96. The maximum absolute atomic E-state index is 12.9. The van der Waals surface area contributed by atoms with E-state index in [1.54, 1.807) is 0 Å². The number of fused-ring (bicyclic) bond motifs is 2. The summed E-state index contributed by atoms with van der Waals surface area (Å²) in [6.45, 7) is 6.53. The average molecular weight is 372 g/mol. The van der Waals surface area contributed by atoms with Crippen LogP contribution < -0.4 is 5.32 Å². The monoisotopic (exact) mass is 372 g/mol. The Balaban J connectivity index is 0.000000242. The Morgan fingerprint density at radius 2 is 1.69 bits per heavy atom. The second-order valence-electron chi connectivity index (χ2n) is 7.96. The fourth-order valence-corrected chi connectivity index (χ4v) is 4.58. The van der Waals surface area contributed by atoms with Crippen LogP contribution in [0.25, 0.3) is 0 Å². The van der Waals surface area contributed by atoms with Gasteiger partial charge in [-0.15, -0.1) is 0 Å². The number of carbonyl (C=O) groups excluding carboxylic acids is 1. The molecule has 0 aromatic carbocycles. The van der Waals surface area contributed by atoms with Crippen LogP contribution in [0.15, 0.2) is 24.3 Å². The zero-order valence-corrected chi connectivity index (χ0v) is 14.7. The van der Waals surface area contributed by atoms with Crippen molar-refractivity contribution in [2.24, 2.45) is 23.7 Å². The zero-order chi connectivity index (χ0) is 19.3. The number of hydrogen-bond acceptors (Lipinski definition) is 3. The van der Waals surface area contributed by atoms with Gasteiger partial charge in [0.2, 0.25) is 5.91 Å². The summed E-state index contributed by atoms with van der Waals surface area (Å²) < 4.78 is 31.7. The second kappa shape index (κ2) is 6.40. The summed E-state index contributed by atoms with van der Waals surface area (Å²) >= 11 is 0. The van der Waals surface area contributed by atoms with Gasteiger partial charge >= 0.3 is 12.1 Å². The molecular formula is C18H23F3N2O3. The van der Waals surface area contributed by atoms with E-state index < -0.39 is 12.1 Å². The van der Waals surface area contributed by atoms with Crippen molar-refractivity contribution < 1.29 is 27.9 Å². The maximum Gasteiger partial charge on any atom is 0.490 e. The summed E-state index contributed by atoms with van der Waals surface area (Å²) in [6, 6.07) is 0.293. The van der Waals surface area contributed by atoms with Crippen LogP contribution >= 0.6 is 0 Å². The molecule has 8 heteroatoms. The quantitative estimate of drug-likeness (QED) is 0.741. The summed E-state index contributed by atoms with van der Waals surface area (Å²) in [5, 5.41) is 10.5. The molecule has 2 aliphatic carbocycles. The van der Waals surface area contributed by atoms with Gasteiger partial charge in [0.05, 0.1) is 6.04 Å². The van der Waals surface area contributed by atoms with Crippen molar-refractivity contribution >= 4 is 11.9 Å². The Morgan fingerprint density at radius 1 is 1.15 bits per heavy atom. The van der Waals surface area contributed by atoms with Crippen molar-refractivity contribution in [3.8, 4) is 0 Å². The first-order chi connectivity index (χ1) is 12.0. The molecule has 4 aliphatic rings. The van der Waals surface area contributed by atoms with Crippen LogP contribution in [-0.2, 0) is 9.59 Å². The predicted octanol–water partition coefficient (Wildman–Crippen LogP) is 2.21. The molecule has 4 rings (SSSR count). The molecule has 2 heterocycles. The highest BCUT2D eigenvalue weighted by molar-refractivity contribution is 5.84. The topological polar surface area (TPSA) is 69.6 Å². The van der Waals surface area contributed by atoms with Gasteiger partial charge < -0.3 is 15.3 Å². The van der Waals surface area contributed by atoms with Crippen LogP contribution in [-0.4, -0.2) is 52.7 Å². The van der Waals surface area contributed by atoms with E-state index >= 15 is 0 Å². The number of nitrogens with one attached hydrogen (secondary N) is 1. The lowest BCUT2D eigenvalue weighted by Crippen LogP contribution is -2.48. The number of carbonyl (C=O) groups is 2. The van der Waals surface area contributed by atoms with Crippen LogP contribution in [0.5, 0.6) is 0 Å². The van der Waals surface area contributed by atoms with E-state index in [0.717, 1.165) is 19.5 Å². The molecule has 5 atom stereocenters. The number of likely N-dealkylation sites (tertiary alicyclic amines) is 1. The number of halogens is 3. The molecular weight excluding hydrogens is 349 g/mol. The first-order valence-corrected chi connectivity index (χ1v) is 8.73. The lowest BCUT2D eigenvalue weighted by Gasteiger charge is -2.36. The number of piperidine rings is 1. The van der Waals surface area contributed by atoms with Gasteiger partial charge in [-0.3, -0.25) is 4.79 Å². The maximum atomic E-state index is 12.9. The van der Waals surface area contributed by atoms with Gasteiger partial charge in [-0.1, -0.05) is 24.3 Å². The molecule has 0 aromatic rings. The van der Waals surface area contributed by atoms with Gasteiger partial charge in [-0.2, -0.15) is 13.2 Å². The summed E-state index contributed by atoms with van der Waals surface area (Å²) in [6.07, 6.45) is 4.71. The number of carboxylic acids is 1. The number of rotatable bonds is 1. The summed E-state index contributed by atoms with van der Waals surface area (Å²) in [4.78, 5) is 24.0. The smallest absolute Gasteiger partial charge is 0.475 e. The lowest BCUT2D eigenvalue weighted by molar-refractivity contribution is -0.192. The van der Waals surface area contributed by atoms with Crippen LogP contribution in [0.1, 0.15) is 20.3 Å². The number of aliphatic carboxylic acids is 1. The van der Waals surface area contributed by atoms with Crippen LogP contribution in [0.2, 0.25) is 0 Å². The van der Waals surface area contributed by atoms with E-state index in [-0.39, 0.29) is 5.54 Å². The minimum absolute atomic E-state index is 0.00421. The van der Waals surface area contributed by atoms with E-state index in [4.69, 9.17) is 9.90 Å². The fourth-order valence-electron chi connectivity index (χ4n) is 4.58. The standard InChI is InChI=1S/C16H22N2O.C2HF3O2/c1-16(2)7-10-5-3-4-6-13(10)18(16)15(19)14-11-8-17-9-12(11)14;3-2(4,5)1(6)7/h3-6,10-14,17H,7-9H2,1-2H3;(H,6,7)/t10?,11-,12+,13?,14?;. The van der Waals surface area contributed by atoms with Crippen LogP contribution in [0, 0.1) is 23.7 Å². The molecule has 3 fully saturated rings. The van der Waals surface area contributed by atoms with Gasteiger partial charge in [0, 0.05) is 17.4 Å². The van der Waals surface area contributed by atoms with E-state index in [9.17, 15) is 18.0 Å². The molecule has 2 saturated heterocycles. The first-order valence-electron chi connectivity index (χ1n) is 8.73. The predicted molar refractivity (Wildman–Crippen MR) is 88.1 cm³/mol. The molecule has 3 unspecified atom stereocenters. The number of hydrogen-bond donors (Lipinski definition) is 2. The normalized spacial score (nSPS) is 36.0. The molecule has 5 nitrogen and oxygen atoms in total. The van der Waals surface area contributed by atoms with Crippen molar-refractivity contribution in [1.82, 2.24) is 10.2 Å². The van der Waals surface area contributed by atoms with Crippen LogP contribution in [0.4, 0.5) is 13.2 Å². The van der Waals surface area contributed by atoms with Crippen LogP contribution in [0.3, 0.4) is 0 Å². The molecule has 1 amide bonds. The Kier molecular flexibility index (Phi) is 4.67. The minimum atomic E-state index is -5.08. The SMILES string of the molecule is CC1(C)CC2C=CC=CC2N1C(=O)C1[C@H]2CNC[C@@H]12.O=C(O)C(F)(F)F. The highest BCUT2D eigenvalue weighted by Crippen LogP contribution is 2.52. The Bertz CT molecular complexity index is 647. The molecule has 2 N–H and O–H groups in total. The Morgan fingerprint density at radius 3 is 2.23 bits per heavy atom. The first kappa shape index (κ1) is 18.9. The third kappa shape index (κ3) is 3.39. The van der Waals surface area contributed by atoms with Crippen molar-refractivity contribution in [2.75, 3.05) is 13.1 Å². The lowest BCUT2D eigenvalue weighted by atomic mass is 9.92. The molecule has 2 aliphatic heterocycles. The van der Waals surface area contributed by atoms with E-state index in [1.165, 1.54) is 0 Å². The van der Waals surface area contributed by atoms with Gasteiger partial charge in [-0.05, 0) is 45.2 Å². The molecule has 0 spiro atoms. The third-order valence-electron chi connectivity index (χ3n) is 5.76. The van der Waals surface area contributed by atoms with Gasteiger partial charge in [0.25, 0.3) is 0 Å². The number of carboxylic acid groups (broad SMARTS) is 1. The highest BCUT2D eigenvalue weighted by atomic mass is 19.4. The molecule has 0 aromatic heterocycles. The number of allylic oxidation sites excluding steroid dienone is 2. The van der Waals surface area contributed by atoms with E-state index in [1.807, 2.05) is 0 Å². The zero-order valence-electron chi connectivity index (χ0n) is 14.7.